The van der Waals surface area contributed by atoms with E-state index in [4.69, 9.17) is 0 Å². The normalized spacial score (nSPS) is 17.2. The first kappa shape index (κ1) is 19.8. The minimum absolute atomic E-state index is 0.218. The van der Waals surface area contributed by atoms with Crippen LogP contribution in [0.25, 0.3) is 5.57 Å². The van der Waals surface area contributed by atoms with E-state index in [1.54, 1.807) is 42.5 Å². The summed E-state index contributed by atoms with van der Waals surface area (Å²) >= 11 is 0. The largest absolute Gasteiger partial charge is 0.351 e. The number of hydrogen-bond donors (Lipinski definition) is 2. The van der Waals surface area contributed by atoms with Gasteiger partial charge in [-0.3, -0.25) is 9.59 Å². The van der Waals surface area contributed by atoms with Crippen LogP contribution in [0.15, 0.2) is 54.2 Å². The topological polar surface area (TPSA) is 81.8 Å². The molecule has 0 saturated carbocycles. The Morgan fingerprint density at radius 3 is 2.43 bits per heavy atom. The summed E-state index contributed by atoms with van der Waals surface area (Å²) in [6, 6.07) is 13.7. The fourth-order valence-corrected chi connectivity index (χ4v) is 3.78. The van der Waals surface area contributed by atoms with E-state index in [9.17, 15) is 14.4 Å². The van der Waals surface area contributed by atoms with Crippen LogP contribution in [0.2, 0.25) is 0 Å². The molecule has 0 aliphatic carbocycles. The third kappa shape index (κ3) is 3.48. The van der Waals surface area contributed by atoms with Crippen LogP contribution in [0.3, 0.4) is 0 Å². The quantitative estimate of drug-likeness (QED) is 0.591. The summed E-state index contributed by atoms with van der Waals surface area (Å²) < 4.78 is 0. The Morgan fingerprint density at radius 2 is 1.70 bits per heavy atom. The van der Waals surface area contributed by atoms with Crippen LogP contribution in [0.5, 0.6) is 0 Å². The van der Waals surface area contributed by atoms with E-state index in [0.29, 0.717) is 29.0 Å². The van der Waals surface area contributed by atoms with Crippen molar-refractivity contribution in [2.45, 2.75) is 12.8 Å². The summed E-state index contributed by atoms with van der Waals surface area (Å²) in [6.07, 6.45) is 1.76. The van der Waals surface area contributed by atoms with Crippen molar-refractivity contribution in [2.24, 2.45) is 0 Å². The monoisotopic (exact) mass is 404 g/mol. The van der Waals surface area contributed by atoms with Crippen LogP contribution in [0.4, 0.5) is 16.2 Å². The number of hydrogen-bond acceptors (Lipinski definition) is 5. The number of para-hydroxylation sites is 2. The summed E-state index contributed by atoms with van der Waals surface area (Å²) in [5.74, 6) is -0.736. The van der Waals surface area contributed by atoms with Crippen LogP contribution in [-0.4, -0.2) is 49.8 Å². The van der Waals surface area contributed by atoms with E-state index in [1.165, 1.54) is 0 Å². The highest BCUT2D eigenvalue weighted by Gasteiger charge is 2.41. The lowest BCUT2D eigenvalue weighted by Gasteiger charge is -2.16. The number of nitrogens with one attached hydrogen (secondary N) is 2. The third-order valence-electron chi connectivity index (χ3n) is 5.25. The van der Waals surface area contributed by atoms with E-state index in [2.05, 4.69) is 15.5 Å². The highest BCUT2D eigenvalue weighted by molar-refractivity contribution is 6.44. The zero-order valence-corrected chi connectivity index (χ0v) is 17.1. The van der Waals surface area contributed by atoms with Crippen molar-refractivity contribution in [3.8, 4) is 0 Å². The minimum Gasteiger partial charge on any atom is -0.351 e. The number of nitrogens with zero attached hydrogens (tertiary/aromatic N) is 2. The number of rotatable bonds is 5. The molecule has 0 radical (unpaired) electrons. The average molecular weight is 404 g/mol. The third-order valence-corrected chi connectivity index (χ3v) is 5.25. The molecule has 2 aromatic carbocycles. The van der Waals surface area contributed by atoms with Crippen molar-refractivity contribution in [3.63, 3.8) is 0 Å². The van der Waals surface area contributed by atoms with Gasteiger partial charge in [0.2, 0.25) is 5.78 Å². The second kappa shape index (κ2) is 8.12. The molecule has 154 valence electrons. The number of carbonyl (C=O) groups excluding carboxylic acids is 3. The lowest BCUT2D eigenvalue weighted by molar-refractivity contribution is -0.112. The lowest BCUT2D eigenvalue weighted by atomic mass is 10.0. The Hall–Kier alpha value is -3.45. The number of fused-ring (bicyclic) bond motifs is 2. The molecule has 2 aliphatic heterocycles. The van der Waals surface area contributed by atoms with E-state index in [1.807, 2.05) is 20.2 Å². The molecule has 2 aliphatic rings. The maximum absolute atomic E-state index is 13.3. The molecular formula is C23H24N4O3. The van der Waals surface area contributed by atoms with Crippen molar-refractivity contribution >= 4 is 34.7 Å². The van der Waals surface area contributed by atoms with Crippen molar-refractivity contribution < 1.29 is 14.4 Å². The molecule has 0 atom stereocenters. The SMILES string of the molecule is CN(C)CCCCNC(=O)N1C(=O)/C(=C2\Nc3ccccc3C2=O)c2ccccc21. The van der Waals surface area contributed by atoms with Gasteiger partial charge < -0.3 is 15.5 Å². The van der Waals surface area contributed by atoms with Gasteiger partial charge in [-0.1, -0.05) is 30.3 Å². The Labute approximate surface area is 175 Å². The van der Waals surface area contributed by atoms with Crippen molar-refractivity contribution in [2.75, 3.05) is 37.4 Å². The number of ketones is 1. The number of Topliss-reactive ketones (excluding diaryl/α,β-unsaturated/α-hetero) is 1. The first-order chi connectivity index (χ1) is 14.5. The molecule has 3 amide bonds. The van der Waals surface area contributed by atoms with E-state index >= 15 is 0 Å². The van der Waals surface area contributed by atoms with Gasteiger partial charge in [-0.2, -0.15) is 0 Å². The first-order valence-electron chi connectivity index (χ1n) is 10.0. The average Bonchev–Trinajstić information content (AvgIpc) is 3.21. The molecule has 30 heavy (non-hydrogen) atoms. The number of carbonyl (C=O) groups is 3. The number of allylic oxidation sites excluding steroid dienone is 1. The molecule has 0 bridgehead atoms. The Morgan fingerprint density at radius 1 is 1.00 bits per heavy atom. The fourth-order valence-electron chi connectivity index (χ4n) is 3.78. The van der Waals surface area contributed by atoms with Gasteiger partial charge in [-0.05, 0) is 51.7 Å². The molecule has 0 fully saturated rings. The van der Waals surface area contributed by atoms with Gasteiger partial charge in [-0.25, -0.2) is 9.69 Å². The highest BCUT2D eigenvalue weighted by atomic mass is 16.2. The summed E-state index contributed by atoms with van der Waals surface area (Å²) in [5, 5.41) is 5.90. The first-order valence-corrected chi connectivity index (χ1v) is 10.0. The molecule has 2 N–H and O–H groups in total. The summed E-state index contributed by atoms with van der Waals surface area (Å²) in [4.78, 5) is 42.2. The molecular weight excluding hydrogens is 380 g/mol. The van der Waals surface area contributed by atoms with Gasteiger partial charge in [0.15, 0.2) is 0 Å². The zero-order chi connectivity index (χ0) is 21.3. The van der Waals surface area contributed by atoms with Crippen LogP contribution >= 0.6 is 0 Å². The van der Waals surface area contributed by atoms with Gasteiger partial charge in [-0.15, -0.1) is 0 Å². The number of benzene rings is 2. The molecule has 0 saturated heterocycles. The smallest absolute Gasteiger partial charge is 0.329 e. The number of amides is 3. The standard InChI is InChI=1S/C23H24N4O3/c1-26(2)14-8-7-13-24-23(30)27-18-12-6-4-10-16(18)19(22(27)29)20-21(28)15-9-3-5-11-17(15)25-20/h3-6,9-12,25H,7-8,13-14H2,1-2H3,(H,24,30)/b20-19-. The van der Waals surface area contributed by atoms with Gasteiger partial charge >= 0.3 is 6.03 Å². The van der Waals surface area contributed by atoms with Crippen molar-refractivity contribution in [1.82, 2.24) is 10.2 Å². The van der Waals surface area contributed by atoms with Gasteiger partial charge in [0.05, 0.1) is 11.3 Å². The maximum atomic E-state index is 13.3. The number of imide groups is 1. The molecule has 7 nitrogen and oxygen atoms in total. The van der Waals surface area contributed by atoms with E-state index < -0.39 is 11.9 Å². The Balaban J connectivity index is 1.60. The van der Waals surface area contributed by atoms with Crippen LogP contribution in [0.1, 0.15) is 28.8 Å². The molecule has 4 rings (SSSR count). The van der Waals surface area contributed by atoms with Gasteiger partial charge in [0.1, 0.15) is 5.70 Å². The zero-order valence-electron chi connectivity index (χ0n) is 17.1. The van der Waals surface area contributed by atoms with Crippen LogP contribution in [0, 0.1) is 0 Å². The predicted molar refractivity (Wildman–Crippen MR) is 116 cm³/mol. The predicted octanol–water partition coefficient (Wildman–Crippen LogP) is 3.10. The lowest BCUT2D eigenvalue weighted by Crippen LogP contribution is -2.42. The second-order valence-electron chi connectivity index (χ2n) is 7.65. The van der Waals surface area contributed by atoms with Gasteiger partial charge in [0.25, 0.3) is 5.91 Å². The second-order valence-corrected chi connectivity index (χ2v) is 7.65. The fraction of sp³-hybridized carbons (Fsp3) is 0.261. The molecule has 0 spiro atoms. The van der Waals surface area contributed by atoms with Gasteiger partial charge in [0, 0.05) is 23.4 Å². The molecule has 7 heteroatoms. The highest BCUT2D eigenvalue weighted by Crippen LogP contribution is 2.41. The number of unbranched alkanes of at least 4 members (excludes halogenated alkanes) is 1. The molecule has 2 aromatic rings. The van der Waals surface area contributed by atoms with Crippen molar-refractivity contribution in [1.29, 1.82) is 0 Å². The van der Waals surface area contributed by atoms with Crippen LogP contribution < -0.4 is 15.5 Å². The Bertz CT molecular complexity index is 1060. The summed E-state index contributed by atoms with van der Waals surface area (Å²) in [5.41, 5.74) is 2.70. The van der Waals surface area contributed by atoms with Crippen molar-refractivity contribution in [3.05, 3.63) is 65.4 Å². The molecule has 0 aromatic heterocycles. The maximum Gasteiger partial charge on any atom is 0.329 e. The number of urea groups is 1. The van der Waals surface area contributed by atoms with Crippen LogP contribution in [-0.2, 0) is 4.79 Å². The summed E-state index contributed by atoms with van der Waals surface area (Å²) in [7, 11) is 4.01. The number of anilines is 2. The van der Waals surface area contributed by atoms with E-state index in [0.717, 1.165) is 24.3 Å². The summed E-state index contributed by atoms with van der Waals surface area (Å²) in [6.45, 7) is 1.42. The van der Waals surface area contributed by atoms with E-state index in [-0.39, 0.29) is 17.1 Å². The Kier molecular flexibility index (Phi) is 5.37. The minimum atomic E-state index is -0.495. The molecule has 2 heterocycles. The molecule has 0 unspecified atom stereocenters.